The molecule has 0 fully saturated rings. The van der Waals surface area contributed by atoms with Crippen molar-refractivity contribution < 1.29 is 5.11 Å². The first kappa shape index (κ1) is 10.0. The first-order chi connectivity index (χ1) is 7.34. The molecule has 1 nitrogen and oxygen atoms in total. The Kier molecular flexibility index (Phi) is 3.23. The molecule has 0 saturated carbocycles. The number of hydrogen-bond acceptors (Lipinski definition) is 1. The molecule has 0 aromatic heterocycles. The van der Waals surface area contributed by atoms with Crippen molar-refractivity contribution in [2.75, 3.05) is 0 Å². The van der Waals surface area contributed by atoms with Crippen LogP contribution in [-0.4, -0.2) is 5.11 Å². The number of allylic oxidation sites excluding steroid dienone is 4. The molecule has 0 spiro atoms. The zero-order valence-corrected chi connectivity index (χ0v) is 8.76. The van der Waals surface area contributed by atoms with Gasteiger partial charge in [0.05, 0.1) is 5.76 Å². The third-order valence-electron chi connectivity index (χ3n) is 2.79. The van der Waals surface area contributed by atoms with Crippen LogP contribution in [0, 0.1) is 5.92 Å². The summed E-state index contributed by atoms with van der Waals surface area (Å²) in [4.78, 5) is 0. The van der Waals surface area contributed by atoms with Gasteiger partial charge in [0, 0.05) is 6.42 Å². The summed E-state index contributed by atoms with van der Waals surface area (Å²) in [5.74, 6) is 1.01. The van der Waals surface area contributed by atoms with Crippen LogP contribution in [0.5, 0.6) is 0 Å². The second-order valence-corrected chi connectivity index (χ2v) is 4.03. The molecule has 1 aromatic carbocycles. The van der Waals surface area contributed by atoms with E-state index < -0.39 is 0 Å². The predicted octanol–water partition coefficient (Wildman–Crippen LogP) is 3.64. The number of aliphatic hydroxyl groups is 1. The van der Waals surface area contributed by atoms with Crippen molar-refractivity contribution in [3.8, 4) is 0 Å². The lowest BCUT2D eigenvalue weighted by Gasteiger charge is -2.14. The maximum Gasteiger partial charge on any atom is 0.0928 e. The molecule has 1 aromatic rings. The molecule has 0 aliphatic heterocycles. The van der Waals surface area contributed by atoms with Crippen LogP contribution in [0.3, 0.4) is 0 Å². The number of rotatable bonds is 3. The fraction of sp³-hybridized carbons (Fsp3) is 0.286. The minimum atomic E-state index is 0.496. The maximum atomic E-state index is 9.39. The second-order valence-electron chi connectivity index (χ2n) is 4.03. The molecule has 0 unspecified atom stereocenters. The summed E-state index contributed by atoms with van der Waals surface area (Å²) >= 11 is 0. The van der Waals surface area contributed by atoms with Crippen LogP contribution in [0.2, 0.25) is 0 Å². The lowest BCUT2D eigenvalue weighted by Crippen LogP contribution is -2.03. The van der Waals surface area contributed by atoms with Gasteiger partial charge in [-0.05, 0) is 30.4 Å². The van der Waals surface area contributed by atoms with Gasteiger partial charge in [0.2, 0.25) is 0 Å². The Morgan fingerprint density at radius 2 is 2.00 bits per heavy atom. The zero-order chi connectivity index (χ0) is 10.5. The topological polar surface area (TPSA) is 20.2 Å². The molecule has 1 aliphatic rings. The van der Waals surface area contributed by atoms with Crippen LogP contribution in [0.1, 0.15) is 18.4 Å². The molecule has 15 heavy (non-hydrogen) atoms. The molecular weight excluding hydrogens is 184 g/mol. The Labute approximate surface area is 90.8 Å². The lowest BCUT2D eigenvalue weighted by atomic mass is 9.93. The van der Waals surface area contributed by atoms with Crippen LogP contribution in [0.25, 0.3) is 0 Å². The summed E-state index contributed by atoms with van der Waals surface area (Å²) in [5.41, 5.74) is 1.37. The zero-order valence-electron chi connectivity index (χ0n) is 8.76. The van der Waals surface area contributed by atoms with Gasteiger partial charge in [0.1, 0.15) is 0 Å². The van der Waals surface area contributed by atoms with Gasteiger partial charge in [-0.25, -0.2) is 0 Å². The van der Waals surface area contributed by atoms with Crippen LogP contribution in [0.4, 0.5) is 0 Å². The van der Waals surface area contributed by atoms with Gasteiger partial charge in [0.15, 0.2) is 0 Å². The van der Waals surface area contributed by atoms with Crippen molar-refractivity contribution in [2.45, 2.75) is 19.3 Å². The molecule has 0 heterocycles. The molecule has 78 valence electrons. The summed E-state index contributed by atoms with van der Waals surface area (Å²) < 4.78 is 0. The quantitative estimate of drug-likeness (QED) is 0.789. The summed E-state index contributed by atoms with van der Waals surface area (Å²) in [7, 11) is 0. The predicted molar refractivity (Wildman–Crippen MR) is 62.7 cm³/mol. The first-order valence-corrected chi connectivity index (χ1v) is 5.45. The monoisotopic (exact) mass is 200 g/mol. The highest BCUT2D eigenvalue weighted by atomic mass is 16.3. The molecule has 0 saturated heterocycles. The number of benzene rings is 1. The lowest BCUT2D eigenvalue weighted by molar-refractivity contribution is 0.358. The number of aryl methyl sites for hydroxylation is 1. The normalized spacial score (nSPS) is 20.0. The summed E-state index contributed by atoms with van der Waals surface area (Å²) in [5, 5.41) is 9.39. The summed E-state index contributed by atoms with van der Waals surface area (Å²) in [6, 6.07) is 10.5. The van der Waals surface area contributed by atoms with Gasteiger partial charge in [-0.1, -0.05) is 42.5 Å². The maximum absolute atomic E-state index is 9.39. The van der Waals surface area contributed by atoms with E-state index in [1.54, 1.807) is 6.08 Å². The third-order valence-corrected chi connectivity index (χ3v) is 2.79. The van der Waals surface area contributed by atoms with Gasteiger partial charge in [-0.15, -0.1) is 0 Å². The van der Waals surface area contributed by atoms with Crippen molar-refractivity contribution in [2.24, 2.45) is 5.92 Å². The molecule has 0 radical (unpaired) electrons. The highest BCUT2D eigenvalue weighted by Crippen LogP contribution is 2.21. The van der Waals surface area contributed by atoms with Gasteiger partial charge in [-0.3, -0.25) is 0 Å². The van der Waals surface area contributed by atoms with Crippen molar-refractivity contribution in [1.82, 2.24) is 0 Å². The third kappa shape index (κ3) is 2.98. The van der Waals surface area contributed by atoms with E-state index in [1.807, 2.05) is 12.1 Å². The van der Waals surface area contributed by atoms with Crippen molar-refractivity contribution in [3.05, 3.63) is 59.9 Å². The summed E-state index contributed by atoms with van der Waals surface area (Å²) in [6.07, 6.45) is 8.90. The highest BCUT2D eigenvalue weighted by molar-refractivity contribution is 5.17. The van der Waals surface area contributed by atoms with Crippen molar-refractivity contribution in [3.63, 3.8) is 0 Å². The number of aliphatic hydroxyl groups excluding tert-OH is 1. The largest absolute Gasteiger partial charge is 0.512 e. The summed E-state index contributed by atoms with van der Waals surface area (Å²) in [6.45, 7) is 0. The van der Waals surface area contributed by atoms with E-state index in [9.17, 15) is 5.11 Å². The van der Waals surface area contributed by atoms with Crippen molar-refractivity contribution in [1.29, 1.82) is 0 Å². The van der Waals surface area contributed by atoms with Crippen LogP contribution in [-0.2, 0) is 6.42 Å². The van der Waals surface area contributed by atoms with E-state index in [4.69, 9.17) is 0 Å². The first-order valence-electron chi connectivity index (χ1n) is 5.45. The van der Waals surface area contributed by atoms with Gasteiger partial charge < -0.3 is 5.11 Å². The van der Waals surface area contributed by atoms with Gasteiger partial charge in [-0.2, -0.15) is 0 Å². The minimum Gasteiger partial charge on any atom is -0.512 e. The Bertz CT molecular complexity index is 362. The Morgan fingerprint density at radius 1 is 1.20 bits per heavy atom. The number of hydrogen-bond donors (Lipinski definition) is 1. The SMILES string of the molecule is OC1=CC=C[C@H](CCc2ccccc2)C1. The molecular formula is C14H16O. The smallest absolute Gasteiger partial charge is 0.0928 e. The Morgan fingerprint density at radius 3 is 2.73 bits per heavy atom. The van der Waals surface area contributed by atoms with E-state index >= 15 is 0 Å². The average Bonchev–Trinajstić information content (AvgIpc) is 2.28. The molecule has 0 amide bonds. The van der Waals surface area contributed by atoms with E-state index in [-0.39, 0.29) is 0 Å². The van der Waals surface area contributed by atoms with E-state index in [1.165, 1.54) is 5.56 Å². The fourth-order valence-corrected chi connectivity index (χ4v) is 1.92. The fourth-order valence-electron chi connectivity index (χ4n) is 1.92. The standard InChI is InChI=1S/C14H16O/c15-14-8-4-7-13(11-14)10-9-12-5-2-1-3-6-12/h1-8,13,15H,9-11H2/t13-/m1/s1. The van der Waals surface area contributed by atoms with E-state index in [2.05, 4.69) is 30.3 Å². The molecule has 2 rings (SSSR count). The molecule has 0 bridgehead atoms. The van der Waals surface area contributed by atoms with Crippen molar-refractivity contribution >= 4 is 0 Å². The average molecular weight is 200 g/mol. The second kappa shape index (κ2) is 4.83. The Balaban J connectivity index is 1.85. The van der Waals surface area contributed by atoms with Crippen LogP contribution >= 0.6 is 0 Å². The minimum absolute atomic E-state index is 0.496. The molecule has 1 heteroatoms. The van der Waals surface area contributed by atoms with Crippen LogP contribution < -0.4 is 0 Å². The Hall–Kier alpha value is -1.50. The van der Waals surface area contributed by atoms with E-state index in [0.29, 0.717) is 11.7 Å². The van der Waals surface area contributed by atoms with E-state index in [0.717, 1.165) is 19.3 Å². The van der Waals surface area contributed by atoms with Crippen LogP contribution in [0.15, 0.2) is 54.3 Å². The van der Waals surface area contributed by atoms with Gasteiger partial charge >= 0.3 is 0 Å². The molecule has 1 aliphatic carbocycles. The molecule has 1 atom stereocenters. The highest BCUT2D eigenvalue weighted by Gasteiger charge is 2.10. The molecule has 1 N–H and O–H groups in total. The van der Waals surface area contributed by atoms with Gasteiger partial charge in [0.25, 0.3) is 0 Å².